The zero-order chi connectivity index (χ0) is 22.7. The Hall–Kier alpha value is -3.94. The minimum absolute atomic E-state index is 0.0245. The summed E-state index contributed by atoms with van der Waals surface area (Å²) in [5.74, 6) is -0.178. The molecule has 2 heterocycles. The molecule has 0 fully saturated rings. The van der Waals surface area contributed by atoms with Gasteiger partial charge in [0.15, 0.2) is 0 Å². The summed E-state index contributed by atoms with van der Waals surface area (Å²) in [6, 6.07) is 16.7. The quantitative estimate of drug-likeness (QED) is 0.601. The van der Waals surface area contributed by atoms with Crippen molar-refractivity contribution in [2.45, 2.75) is 26.8 Å². The second-order valence-corrected chi connectivity index (χ2v) is 7.49. The normalized spacial score (nSPS) is 15.3. The number of anilines is 2. The van der Waals surface area contributed by atoms with Gasteiger partial charge in [-0.3, -0.25) is 4.79 Å². The fourth-order valence-corrected chi connectivity index (χ4v) is 3.88. The molecule has 4 rings (SSSR count). The summed E-state index contributed by atoms with van der Waals surface area (Å²) in [5, 5.41) is 7.32. The van der Waals surface area contributed by atoms with Gasteiger partial charge in [0.25, 0.3) is 0 Å². The van der Waals surface area contributed by atoms with Crippen LogP contribution in [0.15, 0.2) is 72.2 Å². The number of carbonyl (C=O) groups excluding carboxylic acids is 2. The molecule has 0 spiro atoms. The highest BCUT2D eigenvalue weighted by molar-refractivity contribution is 5.97. The number of aromatic nitrogens is 3. The first-order valence-electron chi connectivity index (χ1n) is 10.5. The van der Waals surface area contributed by atoms with Crippen LogP contribution in [0, 0.1) is 6.92 Å². The number of amides is 1. The number of aryl methyl sites for hydroxylation is 1. The highest BCUT2D eigenvalue weighted by Crippen LogP contribution is 2.38. The average molecular weight is 431 g/mol. The minimum atomic E-state index is -0.497. The summed E-state index contributed by atoms with van der Waals surface area (Å²) >= 11 is 0. The van der Waals surface area contributed by atoms with Crippen molar-refractivity contribution in [2.24, 2.45) is 0 Å². The number of benzene rings is 2. The van der Waals surface area contributed by atoms with Crippen LogP contribution < -0.4 is 10.2 Å². The van der Waals surface area contributed by atoms with Crippen molar-refractivity contribution in [1.82, 2.24) is 14.8 Å². The van der Waals surface area contributed by atoms with Crippen molar-refractivity contribution < 1.29 is 14.3 Å². The first kappa shape index (κ1) is 21.3. The molecule has 3 aromatic rings. The zero-order valence-corrected chi connectivity index (χ0v) is 18.3. The maximum absolute atomic E-state index is 13.0. The first-order valence-corrected chi connectivity index (χ1v) is 10.5. The van der Waals surface area contributed by atoms with E-state index in [1.54, 1.807) is 23.4 Å². The first-order chi connectivity index (χ1) is 15.5. The van der Waals surface area contributed by atoms with Crippen LogP contribution in [-0.4, -0.2) is 39.8 Å². The van der Waals surface area contributed by atoms with E-state index in [9.17, 15) is 9.59 Å². The third-order valence-electron chi connectivity index (χ3n) is 5.44. The summed E-state index contributed by atoms with van der Waals surface area (Å²) in [5.41, 5.74) is 3.62. The zero-order valence-electron chi connectivity index (χ0n) is 18.3. The predicted molar refractivity (Wildman–Crippen MR) is 121 cm³/mol. The fraction of sp³-hybridized carbons (Fsp3) is 0.250. The van der Waals surface area contributed by atoms with Crippen LogP contribution in [0.5, 0.6) is 0 Å². The Balaban J connectivity index is 1.73. The van der Waals surface area contributed by atoms with Crippen LogP contribution in [0.2, 0.25) is 0 Å². The topological polar surface area (TPSA) is 89.3 Å². The van der Waals surface area contributed by atoms with Crippen LogP contribution >= 0.6 is 0 Å². The van der Waals surface area contributed by atoms with Crippen molar-refractivity contribution in [3.8, 4) is 0 Å². The number of hydrogen-bond donors (Lipinski definition) is 1. The Bertz CT molecular complexity index is 1170. The number of ether oxygens (including phenoxy) is 1. The van der Waals surface area contributed by atoms with Gasteiger partial charge in [0.1, 0.15) is 18.9 Å². The Labute approximate surface area is 186 Å². The lowest BCUT2D eigenvalue weighted by atomic mass is 9.95. The molecule has 0 saturated carbocycles. The number of para-hydroxylation sites is 1. The third-order valence-corrected chi connectivity index (χ3v) is 5.44. The average Bonchev–Trinajstić information content (AvgIpc) is 3.27. The van der Waals surface area contributed by atoms with Gasteiger partial charge in [-0.2, -0.15) is 10.1 Å². The molecule has 32 heavy (non-hydrogen) atoms. The summed E-state index contributed by atoms with van der Waals surface area (Å²) in [6.07, 6.45) is 1.43. The summed E-state index contributed by atoms with van der Waals surface area (Å²) in [4.78, 5) is 32.0. The van der Waals surface area contributed by atoms with Crippen LogP contribution in [0.1, 0.15) is 31.0 Å². The molecule has 164 valence electrons. The highest BCUT2D eigenvalue weighted by atomic mass is 16.5. The van der Waals surface area contributed by atoms with Crippen LogP contribution in [0.4, 0.5) is 11.6 Å². The van der Waals surface area contributed by atoms with Crippen molar-refractivity contribution in [3.63, 3.8) is 0 Å². The largest absolute Gasteiger partial charge is 0.463 e. The van der Waals surface area contributed by atoms with E-state index in [1.807, 2.05) is 61.5 Å². The van der Waals surface area contributed by atoms with Crippen LogP contribution in [-0.2, 0) is 14.3 Å². The number of nitrogens with zero attached hydrogens (tertiary/aromatic N) is 4. The maximum Gasteiger partial charge on any atom is 0.338 e. The molecule has 1 amide bonds. The van der Waals surface area contributed by atoms with E-state index in [4.69, 9.17) is 4.74 Å². The van der Waals surface area contributed by atoms with Gasteiger partial charge in [0, 0.05) is 11.4 Å². The number of rotatable bonds is 6. The molecule has 0 saturated heterocycles. The van der Waals surface area contributed by atoms with Gasteiger partial charge in [-0.15, -0.1) is 0 Å². The van der Waals surface area contributed by atoms with Crippen molar-refractivity contribution >= 4 is 23.5 Å². The lowest BCUT2D eigenvalue weighted by Gasteiger charge is -2.35. The van der Waals surface area contributed by atoms with Gasteiger partial charge in [-0.1, -0.05) is 48.5 Å². The lowest BCUT2D eigenvalue weighted by molar-refractivity contribution is -0.139. The number of nitrogens with one attached hydrogen (secondary N) is 1. The molecular weight excluding hydrogens is 406 g/mol. The second kappa shape index (κ2) is 9.05. The lowest BCUT2D eigenvalue weighted by Crippen LogP contribution is -2.40. The van der Waals surface area contributed by atoms with E-state index in [1.165, 1.54) is 6.33 Å². The van der Waals surface area contributed by atoms with Gasteiger partial charge in [-0.05, 0) is 38.0 Å². The fourth-order valence-electron chi connectivity index (χ4n) is 3.88. The van der Waals surface area contributed by atoms with Gasteiger partial charge >= 0.3 is 5.97 Å². The second-order valence-electron chi connectivity index (χ2n) is 7.49. The van der Waals surface area contributed by atoms with Gasteiger partial charge in [-0.25, -0.2) is 9.48 Å². The van der Waals surface area contributed by atoms with Crippen molar-refractivity contribution in [1.29, 1.82) is 0 Å². The van der Waals surface area contributed by atoms with E-state index >= 15 is 0 Å². The van der Waals surface area contributed by atoms with E-state index < -0.39 is 12.0 Å². The Kier molecular flexibility index (Phi) is 6.02. The SMILES string of the molecule is CCOC(=O)C1=C(C)N(CC(=O)Nc2ccccc2C)c2ncnn2[C@@H]1c1ccccc1. The van der Waals surface area contributed by atoms with Gasteiger partial charge in [0.05, 0.1) is 12.2 Å². The van der Waals surface area contributed by atoms with E-state index in [-0.39, 0.29) is 19.1 Å². The van der Waals surface area contributed by atoms with Crippen LogP contribution in [0.25, 0.3) is 0 Å². The van der Waals surface area contributed by atoms with Gasteiger partial charge in [0.2, 0.25) is 11.9 Å². The molecule has 1 aliphatic rings. The molecule has 1 aliphatic heterocycles. The molecule has 8 nitrogen and oxygen atoms in total. The number of hydrogen-bond acceptors (Lipinski definition) is 6. The maximum atomic E-state index is 13.0. The Morgan fingerprint density at radius 3 is 2.50 bits per heavy atom. The van der Waals surface area contributed by atoms with Gasteiger partial charge < -0.3 is 15.0 Å². The van der Waals surface area contributed by atoms with E-state index in [0.29, 0.717) is 17.2 Å². The number of allylic oxidation sites excluding steroid dienone is 1. The molecule has 1 atom stereocenters. The monoisotopic (exact) mass is 431 g/mol. The molecular formula is C24H25N5O3. The molecule has 0 unspecified atom stereocenters. The minimum Gasteiger partial charge on any atom is -0.463 e. The molecule has 8 heteroatoms. The standard InChI is InChI=1S/C24H25N5O3/c1-4-32-23(31)21-17(3)28(14-20(30)27-19-13-9-8-10-16(19)2)24-25-15-26-29(24)22(21)18-11-6-5-7-12-18/h5-13,15,22H,4,14H2,1-3H3,(H,27,30)/t22-/m1/s1. The van der Waals surface area contributed by atoms with Crippen molar-refractivity contribution in [3.05, 3.63) is 83.3 Å². The predicted octanol–water partition coefficient (Wildman–Crippen LogP) is 3.47. The Morgan fingerprint density at radius 2 is 1.78 bits per heavy atom. The van der Waals surface area contributed by atoms with E-state index in [0.717, 1.165) is 16.8 Å². The highest BCUT2D eigenvalue weighted by Gasteiger charge is 2.38. The molecule has 2 aromatic carbocycles. The third kappa shape index (κ3) is 3.99. The molecule has 0 radical (unpaired) electrons. The van der Waals surface area contributed by atoms with Crippen LogP contribution in [0.3, 0.4) is 0 Å². The summed E-state index contributed by atoms with van der Waals surface area (Å²) in [7, 11) is 0. The summed E-state index contributed by atoms with van der Waals surface area (Å²) < 4.78 is 7.04. The smallest absolute Gasteiger partial charge is 0.338 e. The molecule has 1 aromatic heterocycles. The molecule has 0 aliphatic carbocycles. The number of esters is 1. The molecule has 0 bridgehead atoms. The number of fused-ring (bicyclic) bond motifs is 1. The van der Waals surface area contributed by atoms with Crippen molar-refractivity contribution in [2.75, 3.05) is 23.4 Å². The molecule has 1 N–H and O–H groups in total. The summed E-state index contributed by atoms with van der Waals surface area (Å²) in [6.45, 7) is 5.73. The van der Waals surface area contributed by atoms with E-state index in [2.05, 4.69) is 15.4 Å². The number of carbonyl (C=O) groups is 2. The Morgan fingerprint density at radius 1 is 1.06 bits per heavy atom.